The molecule has 0 aliphatic carbocycles. The van der Waals surface area contributed by atoms with Gasteiger partial charge in [-0.3, -0.25) is 0 Å². The van der Waals surface area contributed by atoms with Crippen LogP contribution >= 0.6 is 15.9 Å². The van der Waals surface area contributed by atoms with Crippen LogP contribution in [-0.2, 0) is 5.40 Å². The summed E-state index contributed by atoms with van der Waals surface area (Å²) in [7, 11) is 10.5. The predicted molar refractivity (Wildman–Crippen MR) is 49.5 cm³/mol. The van der Waals surface area contributed by atoms with E-state index >= 15 is 0 Å². The third-order valence-electron chi connectivity index (χ3n) is 1.31. The zero-order chi connectivity index (χ0) is 8.48. The minimum Gasteiger partial charge on any atom is -0.405 e. The molecule has 0 aliphatic rings. The third kappa shape index (κ3) is 2.11. The Morgan fingerprint density at radius 1 is 1.27 bits per heavy atom. The van der Waals surface area contributed by atoms with Crippen molar-refractivity contribution in [3.63, 3.8) is 0 Å². The Morgan fingerprint density at radius 3 is 2.18 bits per heavy atom. The smallest absolute Gasteiger partial charge is 0.105 e. The number of hydrogen-bond acceptors (Lipinski definition) is 1. The Hall–Kier alpha value is -0.210. The largest absolute Gasteiger partial charge is 0.405 e. The fraction of sp³-hybridized carbons (Fsp3) is 0.143. The molecular formula is C7H5B2BrO. The van der Waals surface area contributed by atoms with E-state index in [4.69, 9.17) is 15.7 Å². The first-order valence-corrected chi connectivity index (χ1v) is 3.86. The monoisotopic (exact) mass is 206 g/mol. The summed E-state index contributed by atoms with van der Waals surface area (Å²) in [5.41, 5.74) is 0.472. The molecule has 0 aromatic heterocycles. The molecule has 0 saturated heterocycles. The molecule has 0 atom stereocenters. The predicted octanol–water partition coefficient (Wildman–Crippen LogP) is 0.889. The Kier molecular flexibility index (Phi) is 2.45. The van der Waals surface area contributed by atoms with E-state index in [0.717, 1.165) is 0 Å². The topological polar surface area (TPSA) is 20.2 Å². The van der Waals surface area contributed by atoms with Gasteiger partial charge in [-0.05, 0) is 11.6 Å². The maximum Gasteiger partial charge on any atom is 0.105 e. The molecule has 4 radical (unpaired) electrons. The highest BCUT2D eigenvalue weighted by molar-refractivity contribution is 9.10. The van der Waals surface area contributed by atoms with Crippen molar-refractivity contribution in [3.05, 3.63) is 34.3 Å². The van der Waals surface area contributed by atoms with Gasteiger partial charge in [0.25, 0.3) is 0 Å². The molecule has 1 rings (SSSR count). The van der Waals surface area contributed by atoms with E-state index in [9.17, 15) is 5.11 Å². The fourth-order valence-corrected chi connectivity index (χ4v) is 1.39. The average molecular weight is 207 g/mol. The summed E-state index contributed by atoms with van der Waals surface area (Å²) in [6, 6.07) is 6.99. The lowest BCUT2D eigenvalue weighted by molar-refractivity contribution is 0.216. The number of aliphatic hydroxyl groups is 1. The Morgan fingerprint density at radius 2 is 1.82 bits per heavy atom. The maximum atomic E-state index is 9.20. The van der Waals surface area contributed by atoms with E-state index in [1.165, 1.54) is 0 Å². The fourth-order valence-electron chi connectivity index (χ4n) is 0.786. The molecule has 0 spiro atoms. The summed E-state index contributed by atoms with van der Waals surface area (Å²) in [6.07, 6.45) is 0. The molecular weight excluding hydrogens is 202 g/mol. The Bertz CT molecular complexity index is 257. The van der Waals surface area contributed by atoms with Crippen molar-refractivity contribution in [1.29, 1.82) is 0 Å². The molecule has 0 aliphatic heterocycles. The van der Waals surface area contributed by atoms with Gasteiger partial charge in [0.15, 0.2) is 0 Å². The number of hydrogen-bond donors (Lipinski definition) is 1. The first-order valence-electron chi connectivity index (χ1n) is 3.07. The molecule has 0 bridgehead atoms. The number of halogens is 1. The van der Waals surface area contributed by atoms with Gasteiger partial charge in [0, 0.05) is 9.87 Å². The van der Waals surface area contributed by atoms with E-state index in [2.05, 4.69) is 15.9 Å². The van der Waals surface area contributed by atoms with Crippen LogP contribution in [0, 0.1) is 0 Å². The summed E-state index contributed by atoms with van der Waals surface area (Å²) in [5.74, 6) is 0. The van der Waals surface area contributed by atoms with Crippen molar-refractivity contribution >= 4 is 31.6 Å². The Balaban J connectivity index is 3.14. The van der Waals surface area contributed by atoms with Gasteiger partial charge in [-0.1, -0.05) is 34.1 Å². The molecule has 0 amide bonds. The number of rotatable bonds is 1. The molecule has 11 heavy (non-hydrogen) atoms. The van der Waals surface area contributed by atoms with Crippen LogP contribution in [0.1, 0.15) is 5.56 Å². The van der Waals surface area contributed by atoms with Crippen molar-refractivity contribution in [2.24, 2.45) is 0 Å². The second-order valence-electron chi connectivity index (χ2n) is 2.31. The van der Waals surface area contributed by atoms with E-state index in [1.807, 2.05) is 6.07 Å². The summed E-state index contributed by atoms with van der Waals surface area (Å²) < 4.78 is 0.701. The van der Waals surface area contributed by atoms with E-state index < -0.39 is 5.40 Å². The van der Waals surface area contributed by atoms with E-state index in [1.54, 1.807) is 18.2 Å². The van der Waals surface area contributed by atoms with Crippen LogP contribution < -0.4 is 0 Å². The van der Waals surface area contributed by atoms with Gasteiger partial charge in [-0.15, -0.1) is 0 Å². The van der Waals surface area contributed by atoms with Crippen molar-refractivity contribution in [2.75, 3.05) is 0 Å². The van der Waals surface area contributed by atoms with Crippen molar-refractivity contribution in [2.45, 2.75) is 5.40 Å². The highest BCUT2D eigenvalue weighted by Crippen LogP contribution is 2.23. The minimum atomic E-state index is -1.76. The van der Waals surface area contributed by atoms with E-state index in [0.29, 0.717) is 10.0 Å². The van der Waals surface area contributed by atoms with Crippen LogP contribution in [0.2, 0.25) is 0 Å². The highest BCUT2D eigenvalue weighted by Gasteiger charge is 2.16. The lowest BCUT2D eigenvalue weighted by Crippen LogP contribution is -2.26. The van der Waals surface area contributed by atoms with E-state index in [-0.39, 0.29) is 0 Å². The lowest BCUT2D eigenvalue weighted by Gasteiger charge is -2.20. The standard InChI is InChI=1S/C7H5B2BrO/c8-7(9,11)5-3-1-2-4-6(5)10/h1-4,11H. The van der Waals surface area contributed by atoms with Crippen LogP contribution in [0.15, 0.2) is 28.7 Å². The van der Waals surface area contributed by atoms with Crippen LogP contribution in [0.4, 0.5) is 0 Å². The second kappa shape index (κ2) is 3.03. The maximum absolute atomic E-state index is 9.20. The molecule has 52 valence electrons. The third-order valence-corrected chi connectivity index (χ3v) is 2.00. The molecule has 1 aromatic carbocycles. The molecule has 0 unspecified atom stereocenters. The van der Waals surface area contributed by atoms with Gasteiger partial charge in [0.05, 0.1) is 0 Å². The first-order chi connectivity index (χ1) is 5.02. The Labute approximate surface area is 76.8 Å². The molecule has 0 fully saturated rings. The van der Waals surface area contributed by atoms with Gasteiger partial charge in [0.2, 0.25) is 0 Å². The minimum absolute atomic E-state index is 0.472. The van der Waals surface area contributed by atoms with Crippen LogP contribution in [-0.4, -0.2) is 20.8 Å². The normalized spacial score (nSPS) is 11.5. The molecule has 1 nitrogen and oxygen atoms in total. The molecule has 4 heteroatoms. The summed E-state index contributed by atoms with van der Waals surface area (Å²) >= 11 is 3.21. The van der Waals surface area contributed by atoms with Gasteiger partial charge in [-0.2, -0.15) is 0 Å². The lowest BCUT2D eigenvalue weighted by atomic mass is 9.61. The quantitative estimate of drug-likeness (QED) is 0.677. The van der Waals surface area contributed by atoms with Crippen molar-refractivity contribution < 1.29 is 5.11 Å². The van der Waals surface area contributed by atoms with Gasteiger partial charge in [0.1, 0.15) is 15.7 Å². The zero-order valence-electron chi connectivity index (χ0n) is 5.79. The second-order valence-corrected chi connectivity index (χ2v) is 3.16. The van der Waals surface area contributed by atoms with Crippen LogP contribution in [0.5, 0.6) is 0 Å². The summed E-state index contributed by atoms with van der Waals surface area (Å²) in [4.78, 5) is 0. The molecule has 1 aromatic rings. The highest BCUT2D eigenvalue weighted by atomic mass is 79.9. The van der Waals surface area contributed by atoms with Crippen LogP contribution in [0.3, 0.4) is 0 Å². The van der Waals surface area contributed by atoms with Gasteiger partial charge in [-0.25, -0.2) is 0 Å². The van der Waals surface area contributed by atoms with Gasteiger partial charge < -0.3 is 5.11 Å². The summed E-state index contributed by atoms with van der Waals surface area (Å²) in [6.45, 7) is 0. The van der Waals surface area contributed by atoms with Crippen molar-refractivity contribution in [1.82, 2.24) is 0 Å². The molecule has 0 heterocycles. The zero-order valence-corrected chi connectivity index (χ0v) is 7.38. The molecule has 1 N–H and O–H groups in total. The van der Waals surface area contributed by atoms with Gasteiger partial charge >= 0.3 is 0 Å². The van der Waals surface area contributed by atoms with Crippen molar-refractivity contribution in [3.8, 4) is 0 Å². The average Bonchev–Trinajstić information content (AvgIpc) is 1.86. The van der Waals surface area contributed by atoms with Crippen LogP contribution in [0.25, 0.3) is 0 Å². The SMILES string of the molecule is [B]C([B])(O)c1ccccc1Br. The number of benzene rings is 1. The molecule has 0 saturated carbocycles. The summed E-state index contributed by atoms with van der Waals surface area (Å²) in [5, 5.41) is 7.43. The first kappa shape index (κ1) is 8.88.